The third-order valence-electron chi connectivity index (χ3n) is 2.65. The van der Waals surface area contributed by atoms with Crippen LogP contribution >= 0.6 is 22.6 Å². The molecule has 1 aromatic heterocycles. The first-order valence-corrected chi connectivity index (χ1v) is 6.72. The molecule has 0 bridgehead atoms. The number of hydrogen-bond acceptors (Lipinski definition) is 2. The van der Waals surface area contributed by atoms with Crippen LogP contribution in [0.3, 0.4) is 0 Å². The maximum absolute atomic E-state index is 5.83. The van der Waals surface area contributed by atoms with Gasteiger partial charge in [-0.2, -0.15) is 5.10 Å². The highest BCUT2D eigenvalue weighted by Gasteiger charge is 2.06. The van der Waals surface area contributed by atoms with Crippen LogP contribution in [0.1, 0.15) is 16.8 Å². The van der Waals surface area contributed by atoms with Crippen LogP contribution in [0.5, 0.6) is 5.75 Å². The van der Waals surface area contributed by atoms with Crippen LogP contribution in [0.2, 0.25) is 0 Å². The summed E-state index contributed by atoms with van der Waals surface area (Å²) in [4.78, 5) is 0. The Kier molecular flexibility index (Phi) is 4.06. The second-order valence-corrected chi connectivity index (χ2v) is 5.36. The van der Waals surface area contributed by atoms with Crippen molar-refractivity contribution in [3.8, 4) is 5.75 Å². The van der Waals surface area contributed by atoms with Crippen molar-refractivity contribution in [2.24, 2.45) is 7.05 Å². The van der Waals surface area contributed by atoms with E-state index in [9.17, 15) is 0 Å². The first-order chi connectivity index (χ1) is 8.60. The van der Waals surface area contributed by atoms with Crippen molar-refractivity contribution in [2.45, 2.75) is 13.5 Å². The Labute approximate surface area is 121 Å². The predicted molar refractivity (Wildman–Crippen MR) is 81.5 cm³/mol. The first kappa shape index (κ1) is 13.1. The molecule has 2 rings (SSSR count). The fourth-order valence-corrected chi connectivity index (χ4v) is 2.41. The Balaban J connectivity index is 2.13. The van der Waals surface area contributed by atoms with Gasteiger partial charge in [0.2, 0.25) is 0 Å². The van der Waals surface area contributed by atoms with Gasteiger partial charge < -0.3 is 4.74 Å². The Hall–Kier alpha value is -1.30. The molecular formula is C14H15IN2O. The molecule has 0 unspecified atom stereocenters. The molecule has 0 saturated heterocycles. The van der Waals surface area contributed by atoms with Gasteiger partial charge in [-0.15, -0.1) is 0 Å². The van der Waals surface area contributed by atoms with Crippen LogP contribution < -0.4 is 4.74 Å². The Bertz CT molecular complexity index is 575. The van der Waals surface area contributed by atoms with Crippen molar-refractivity contribution in [3.05, 3.63) is 51.4 Å². The van der Waals surface area contributed by atoms with Crippen molar-refractivity contribution in [1.29, 1.82) is 0 Å². The highest BCUT2D eigenvalue weighted by Crippen LogP contribution is 2.21. The smallest absolute Gasteiger partial charge is 0.122 e. The van der Waals surface area contributed by atoms with E-state index >= 15 is 0 Å². The summed E-state index contributed by atoms with van der Waals surface area (Å²) in [5.74, 6) is 0.911. The lowest BCUT2D eigenvalue weighted by molar-refractivity contribution is 0.303. The normalized spacial score (nSPS) is 10.4. The molecule has 0 saturated carbocycles. The molecule has 18 heavy (non-hydrogen) atoms. The average Bonchev–Trinajstić information content (AvgIpc) is 2.68. The number of nitrogens with zero attached hydrogens (tertiary/aromatic N) is 2. The topological polar surface area (TPSA) is 27.1 Å². The van der Waals surface area contributed by atoms with Crippen molar-refractivity contribution >= 4 is 28.7 Å². The number of ether oxygens (including phenoxy) is 1. The lowest BCUT2D eigenvalue weighted by Gasteiger charge is -2.08. The molecule has 0 aliphatic heterocycles. The van der Waals surface area contributed by atoms with Gasteiger partial charge in [-0.05, 0) is 59.4 Å². The van der Waals surface area contributed by atoms with E-state index in [2.05, 4.69) is 47.3 Å². The van der Waals surface area contributed by atoms with Gasteiger partial charge in [-0.25, -0.2) is 0 Å². The van der Waals surface area contributed by atoms with Crippen molar-refractivity contribution in [3.63, 3.8) is 0 Å². The number of hydrogen-bond donors (Lipinski definition) is 0. The molecule has 0 atom stereocenters. The number of halogens is 1. The lowest BCUT2D eigenvalue weighted by atomic mass is 10.2. The summed E-state index contributed by atoms with van der Waals surface area (Å²) in [7, 11) is 1.90. The second kappa shape index (κ2) is 5.56. The molecule has 2 aromatic rings. The molecule has 94 valence electrons. The Morgan fingerprint density at radius 1 is 1.50 bits per heavy atom. The zero-order valence-electron chi connectivity index (χ0n) is 10.5. The molecule has 1 heterocycles. The second-order valence-electron chi connectivity index (χ2n) is 4.12. The van der Waals surface area contributed by atoms with E-state index in [1.165, 1.54) is 3.57 Å². The van der Waals surface area contributed by atoms with Gasteiger partial charge >= 0.3 is 0 Å². The molecular weight excluding hydrogens is 339 g/mol. The van der Waals surface area contributed by atoms with E-state index in [0.29, 0.717) is 6.61 Å². The molecule has 0 amide bonds. The zero-order valence-corrected chi connectivity index (χ0v) is 12.6. The molecule has 0 N–H and O–H groups in total. The number of aryl methyl sites for hydroxylation is 2. The molecule has 0 spiro atoms. The quantitative estimate of drug-likeness (QED) is 0.786. The molecule has 0 radical (unpaired) electrons. The number of benzene rings is 1. The van der Waals surface area contributed by atoms with Crippen LogP contribution in [0.25, 0.3) is 6.08 Å². The first-order valence-electron chi connectivity index (χ1n) is 5.64. The van der Waals surface area contributed by atoms with Gasteiger partial charge in [-0.3, -0.25) is 4.68 Å². The number of aromatic nitrogens is 2. The Morgan fingerprint density at radius 3 is 2.94 bits per heavy atom. The standard InChI is InChI=1S/C14H15IN2O/c1-4-13-11(8-17(3)16-13)9-18-14-6-5-12(15)7-10(14)2/h4-8H,1,9H2,2-3H3. The summed E-state index contributed by atoms with van der Waals surface area (Å²) < 4.78 is 8.82. The number of rotatable bonds is 4. The van der Waals surface area contributed by atoms with Crippen molar-refractivity contribution < 1.29 is 4.74 Å². The van der Waals surface area contributed by atoms with E-state index in [0.717, 1.165) is 22.6 Å². The largest absolute Gasteiger partial charge is 0.488 e. The van der Waals surface area contributed by atoms with E-state index < -0.39 is 0 Å². The highest BCUT2D eigenvalue weighted by molar-refractivity contribution is 14.1. The summed E-state index contributed by atoms with van der Waals surface area (Å²) in [6.07, 6.45) is 3.71. The third kappa shape index (κ3) is 2.93. The van der Waals surface area contributed by atoms with E-state index in [4.69, 9.17) is 4.74 Å². The Morgan fingerprint density at radius 2 is 2.28 bits per heavy atom. The fraction of sp³-hybridized carbons (Fsp3) is 0.214. The van der Waals surface area contributed by atoms with Crippen LogP contribution in [0.15, 0.2) is 31.0 Å². The minimum Gasteiger partial charge on any atom is -0.488 e. The lowest BCUT2D eigenvalue weighted by Crippen LogP contribution is -1.97. The van der Waals surface area contributed by atoms with Gasteiger partial charge in [0.25, 0.3) is 0 Å². The van der Waals surface area contributed by atoms with E-state index in [1.807, 2.05) is 25.4 Å². The van der Waals surface area contributed by atoms with Crippen LogP contribution in [0, 0.1) is 10.5 Å². The summed E-state index contributed by atoms with van der Waals surface area (Å²) in [6, 6.07) is 6.15. The van der Waals surface area contributed by atoms with Crippen molar-refractivity contribution in [2.75, 3.05) is 0 Å². The van der Waals surface area contributed by atoms with Gasteiger partial charge in [0.15, 0.2) is 0 Å². The highest BCUT2D eigenvalue weighted by atomic mass is 127. The minimum atomic E-state index is 0.511. The SMILES string of the molecule is C=Cc1nn(C)cc1COc1ccc(I)cc1C. The summed E-state index contributed by atoms with van der Waals surface area (Å²) in [5, 5.41) is 4.30. The molecule has 3 nitrogen and oxygen atoms in total. The molecule has 0 aliphatic rings. The minimum absolute atomic E-state index is 0.511. The van der Waals surface area contributed by atoms with Gasteiger partial charge in [0, 0.05) is 22.4 Å². The monoisotopic (exact) mass is 354 g/mol. The predicted octanol–water partition coefficient (Wildman–Crippen LogP) is 3.56. The van der Waals surface area contributed by atoms with Crippen molar-refractivity contribution in [1.82, 2.24) is 9.78 Å². The van der Waals surface area contributed by atoms with Gasteiger partial charge in [-0.1, -0.05) is 6.58 Å². The zero-order chi connectivity index (χ0) is 13.1. The molecule has 1 aromatic carbocycles. The van der Waals surface area contributed by atoms with E-state index in [-0.39, 0.29) is 0 Å². The van der Waals surface area contributed by atoms with Gasteiger partial charge in [0.05, 0.1) is 5.69 Å². The molecule has 4 heteroatoms. The van der Waals surface area contributed by atoms with Crippen LogP contribution in [0.4, 0.5) is 0 Å². The van der Waals surface area contributed by atoms with Crippen LogP contribution in [-0.4, -0.2) is 9.78 Å². The maximum Gasteiger partial charge on any atom is 0.122 e. The van der Waals surface area contributed by atoms with E-state index in [1.54, 1.807) is 10.8 Å². The fourth-order valence-electron chi connectivity index (χ4n) is 1.77. The average molecular weight is 354 g/mol. The molecule has 0 fully saturated rings. The molecule has 0 aliphatic carbocycles. The maximum atomic E-state index is 5.83. The summed E-state index contributed by atoms with van der Waals surface area (Å²) in [5.41, 5.74) is 3.07. The van der Waals surface area contributed by atoms with Gasteiger partial charge in [0.1, 0.15) is 12.4 Å². The summed E-state index contributed by atoms with van der Waals surface area (Å²) >= 11 is 2.29. The summed E-state index contributed by atoms with van der Waals surface area (Å²) in [6.45, 7) is 6.32. The third-order valence-corrected chi connectivity index (χ3v) is 3.32. The van der Waals surface area contributed by atoms with Crippen LogP contribution in [-0.2, 0) is 13.7 Å².